The molecule has 0 saturated heterocycles. The van der Waals surface area contributed by atoms with E-state index in [1.807, 2.05) is 0 Å². The van der Waals surface area contributed by atoms with Gasteiger partial charge in [-0.3, -0.25) is 0 Å². The molecule has 0 aromatic heterocycles. The summed E-state index contributed by atoms with van der Waals surface area (Å²) in [7, 11) is -1.60. The van der Waals surface area contributed by atoms with Gasteiger partial charge in [-0.2, -0.15) is 0 Å². The minimum Gasteiger partial charge on any atom is -0.520 e. The molecular weight excluding hydrogens is 192 g/mol. The van der Waals surface area contributed by atoms with Gasteiger partial charge in [-0.15, -0.1) is 0 Å². The molecule has 62 valence electrons. The molecule has 0 spiro atoms. The summed E-state index contributed by atoms with van der Waals surface area (Å²) in [4.78, 5) is 0. The molecule has 11 heavy (non-hydrogen) atoms. The second kappa shape index (κ2) is 8.15. The maximum Gasteiger partial charge on any atom is 0.594 e. The van der Waals surface area contributed by atoms with Crippen molar-refractivity contribution in [3.8, 4) is 0 Å². The number of hydrogen-bond donors (Lipinski definition) is 0. The molecule has 0 aliphatic carbocycles. The van der Waals surface area contributed by atoms with Gasteiger partial charge in [-0.1, -0.05) is 19.0 Å². The van der Waals surface area contributed by atoms with E-state index in [1.165, 1.54) is 0 Å². The van der Waals surface area contributed by atoms with Crippen molar-refractivity contribution >= 4 is 26.9 Å². The molecule has 0 saturated carbocycles. The molecule has 0 aromatic rings. The van der Waals surface area contributed by atoms with Crippen molar-refractivity contribution in [1.29, 1.82) is 0 Å². The molecule has 0 N–H and O–H groups in total. The monoisotopic (exact) mass is 204 g/mol. The number of unbranched alkanes of at least 4 members (excludes halogenated alkanes) is 1. The molecule has 0 heterocycles. The van der Waals surface area contributed by atoms with Crippen molar-refractivity contribution in [3.63, 3.8) is 0 Å². The summed E-state index contributed by atoms with van der Waals surface area (Å²) in [5.41, 5.74) is 0. The standard InChI is InChI=1S/C5H12O3Si3/c1-11(10-7)5-3-2-4-8-9-6/h11H,2-5H2,1H3. The highest BCUT2D eigenvalue weighted by Crippen LogP contribution is 1.98. The first-order valence-corrected chi connectivity index (χ1v) is 9.18. The van der Waals surface area contributed by atoms with Gasteiger partial charge >= 0.3 is 9.65 Å². The quantitative estimate of drug-likeness (QED) is 0.438. The Balaban J connectivity index is 3.01. The van der Waals surface area contributed by atoms with E-state index >= 15 is 0 Å². The lowest BCUT2D eigenvalue weighted by atomic mass is 10.4. The summed E-state index contributed by atoms with van der Waals surface area (Å²) < 4.78 is 24.9. The first kappa shape index (κ1) is 11.1. The fourth-order valence-electron chi connectivity index (χ4n) is 0.725. The topological polar surface area (TPSA) is 43.4 Å². The minimum absolute atomic E-state index is 0.0682. The molecule has 0 rings (SSSR count). The molecule has 0 amide bonds. The first-order chi connectivity index (χ1) is 5.31. The Morgan fingerprint density at radius 3 is 2.64 bits per heavy atom. The summed E-state index contributed by atoms with van der Waals surface area (Å²) in [5, 5.41) is 0. The molecule has 3 nitrogen and oxygen atoms in total. The van der Waals surface area contributed by atoms with Crippen molar-refractivity contribution in [2.75, 3.05) is 6.61 Å². The van der Waals surface area contributed by atoms with Crippen LogP contribution < -0.4 is 0 Å². The van der Waals surface area contributed by atoms with E-state index in [9.17, 15) is 8.92 Å². The molecule has 6 heteroatoms. The molecule has 0 bridgehead atoms. The summed E-state index contributed by atoms with van der Waals surface area (Å²) in [6.45, 7) is 2.67. The van der Waals surface area contributed by atoms with Crippen LogP contribution in [0, 0.1) is 0 Å². The van der Waals surface area contributed by atoms with Crippen molar-refractivity contribution in [2.24, 2.45) is 0 Å². The van der Waals surface area contributed by atoms with Crippen LogP contribution in [0.5, 0.6) is 0 Å². The van der Waals surface area contributed by atoms with Crippen LogP contribution in [-0.4, -0.2) is 33.5 Å². The van der Waals surface area contributed by atoms with Crippen LogP contribution in [0.1, 0.15) is 12.8 Å². The third-order valence-corrected chi connectivity index (χ3v) is 5.47. The Labute approximate surface area is 72.8 Å². The number of hydrogen-bond acceptors (Lipinski definition) is 3. The molecular formula is C5H12O3Si3. The van der Waals surface area contributed by atoms with Gasteiger partial charge in [0.2, 0.25) is 0 Å². The van der Waals surface area contributed by atoms with Crippen LogP contribution in [0.2, 0.25) is 12.6 Å². The predicted octanol–water partition coefficient (Wildman–Crippen LogP) is 0.151. The molecule has 0 fully saturated rings. The average molecular weight is 204 g/mol. The minimum atomic E-state index is -0.892. The Hall–Kier alpha value is 0.0506. The zero-order valence-corrected chi connectivity index (χ0v) is 9.79. The van der Waals surface area contributed by atoms with Gasteiger partial charge in [0.05, 0.1) is 14.9 Å². The van der Waals surface area contributed by atoms with Gasteiger partial charge in [-0.05, 0) is 6.42 Å². The van der Waals surface area contributed by atoms with Crippen LogP contribution in [0.15, 0.2) is 0 Å². The highest BCUT2D eigenvalue weighted by atomic mass is 29.2. The Morgan fingerprint density at radius 2 is 2.09 bits per heavy atom. The van der Waals surface area contributed by atoms with E-state index in [-0.39, 0.29) is 8.92 Å². The third-order valence-electron chi connectivity index (χ3n) is 1.39. The zero-order valence-electron chi connectivity index (χ0n) is 6.63. The van der Waals surface area contributed by atoms with Crippen molar-refractivity contribution < 1.29 is 13.3 Å². The SMILES string of the molecule is C[SiH](CCCCO[Si]=O)[Si]=O. The van der Waals surface area contributed by atoms with Crippen LogP contribution in [0.25, 0.3) is 0 Å². The van der Waals surface area contributed by atoms with Crippen LogP contribution in [0.4, 0.5) is 0 Å². The summed E-state index contributed by atoms with van der Waals surface area (Å²) in [6.07, 6.45) is 2.00. The summed E-state index contributed by atoms with van der Waals surface area (Å²) in [5.74, 6) is 0. The Bertz CT molecular complexity index is 120. The fourth-order valence-corrected chi connectivity index (χ4v) is 2.94. The smallest absolute Gasteiger partial charge is 0.520 e. The molecule has 0 aliphatic rings. The maximum absolute atomic E-state index is 10.4. The van der Waals surface area contributed by atoms with Crippen LogP contribution in [0.3, 0.4) is 0 Å². The van der Waals surface area contributed by atoms with Gasteiger partial charge in [0.25, 0.3) is 8.92 Å². The Kier molecular flexibility index (Phi) is 8.19. The van der Waals surface area contributed by atoms with E-state index in [2.05, 4.69) is 11.0 Å². The van der Waals surface area contributed by atoms with Gasteiger partial charge in [0.1, 0.15) is 0 Å². The van der Waals surface area contributed by atoms with E-state index in [0.717, 1.165) is 18.9 Å². The van der Waals surface area contributed by atoms with Gasteiger partial charge in [0.15, 0.2) is 0 Å². The highest BCUT2D eigenvalue weighted by Gasteiger charge is 2.02. The van der Waals surface area contributed by atoms with Crippen molar-refractivity contribution in [3.05, 3.63) is 0 Å². The summed E-state index contributed by atoms with van der Waals surface area (Å²) in [6, 6.07) is 1.10. The molecule has 1 atom stereocenters. The fraction of sp³-hybridized carbons (Fsp3) is 1.00. The van der Waals surface area contributed by atoms with Crippen molar-refractivity contribution in [1.82, 2.24) is 0 Å². The molecule has 2 radical (unpaired) electrons. The molecule has 0 aliphatic heterocycles. The van der Waals surface area contributed by atoms with E-state index in [0.29, 0.717) is 6.61 Å². The van der Waals surface area contributed by atoms with E-state index in [1.54, 1.807) is 0 Å². The first-order valence-electron chi connectivity index (χ1n) is 3.68. The lowest BCUT2D eigenvalue weighted by Crippen LogP contribution is -2.10. The zero-order chi connectivity index (χ0) is 8.53. The second-order valence-corrected chi connectivity index (χ2v) is 9.18. The lowest BCUT2D eigenvalue weighted by Gasteiger charge is -1.99. The lowest BCUT2D eigenvalue weighted by molar-refractivity contribution is 0.301. The largest absolute Gasteiger partial charge is 0.594 e. The average Bonchev–Trinajstić information content (AvgIpc) is 2.04. The second-order valence-electron chi connectivity index (χ2n) is 2.45. The highest BCUT2D eigenvalue weighted by molar-refractivity contribution is 7.05. The van der Waals surface area contributed by atoms with Gasteiger partial charge in [-0.25, -0.2) is 0 Å². The number of rotatable bonds is 7. The van der Waals surface area contributed by atoms with Gasteiger partial charge < -0.3 is 13.3 Å². The van der Waals surface area contributed by atoms with Crippen LogP contribution >= 0.6 is 0 Å². The van der Waals surface area contributed by atoms with Crippen LogP contribution in [-0.2, 0) is 13.3 Å². The third kappa shape index (κ3) is 7.95. The normalized spacial score (nSPS) is 12.1. The maximum atomic E-state index is 10.4. The summed E-state index contributed by atoms with van der Waals surface area (Å²) >= 11 is 0. The predicted molar refractivity (Wildman–Crippen MR) is 45.9 cm³/mol. The van der Waals surface area contributed by atoms with E-state index < -0.39 is 18.0 Å². The molecule has 0 aromatic carbocycles. The van der Waals surface area contributed by atoms with E-state index in [4.69, 9.17) is 0 Å². The molecule has 1 unspecified atom stereocenters. The van der Waals surface area contributed by atoms with Gasteiger partial charge in [0, 0.05) is 0 Å². The Morgan fingerprint density at radius 1 is 1.36 bits per heavy atom. The van der Waals surface area contributed by atoms with Crippen molar-refractivity contribution in [2.45, 2.75) is 25.4 Å².